The molecule has 2 aromatic carbocycles. The summed E-state index contributed by atoms with van der Waals surface area (Å²) in [5.41, 5.74) is 0.712. The average molecular weight is 448 g/mol. The van der Waals surface area contributed by atoms with Crippen LogP contribution in [0.2, 0.25) is 0 Å². The number of anilines is 2. The molecule has 2 fully saturated rings. The van der Waals surface area contributed by atoms with Crippen LogP contribution < -0.4 is 15.0 Å². The molecule has 170 valence electrons. The summed E-state index contributed by atoms with van der Waals surface area (Å²) < 4.78 is 16.4. The zero-order chi connectivity index (χ0) is 23.2. The van der Waals surface area contributed by atoms with Crippen LogP contribution in [0.4, 0.5) is 11.4 Å². The van der Waals surface area contributed by atoms with E-state index < -0.39 is 29.5 Å². The van der Waals surface area contributed by atoms with Crippen molar-refractivity contribution in [2.75, 3.05) is 30.5 Å². The maximum Gasteiger partial charge on any atom is 0.338 e. The molecule has 2 saturated heterocycles. The van der Waals surface area contributed by atoms with E-state index in [2.05, 4.69) is 5.32 Å². The molecule has 1 N–H and O–H groups in total. The smallest absolute Gasteiger partial charge is 0.338 e. The van der Waals surface area contributed by atoms with Crippen molar-refractivity contribution in [3.05, 3.63) is 66.2 Å². The van der Waals surface area contributed by atoms with E-state index >= 15 is 0 Å². The predicted molar refractivity (Wildman–Crippen MR) is 120 cm³/mol. The Kier molecular flexibility index (Phi) is 5.17. The van der Waals surface area contributed by atoms with Crippen LogP contribution in [0, 0.1) is 11.8 Å². The number of hydrogen-bond acceptors (Lipinski definition) is 6. The van der Waals surface area contributed by atoms with E-state index in [1.54, 1.807) is 55.3 Å². The number of rotatable bonds is 6. The third-order valence-corrected chi connectivity index (χ3v) is 6.43. The fraction of sp³-hybridized carbons (Fsp3) is 0.320. The first-order valence-electron chi connectivity index (χ1n) is 10.9. The lowest BCUT2D eigenvalue weighted by Crippen LogP contribution is -2.41. The lowest BCUT2D eigenvalue weighted by atomic mass is 9.76. The Morgan fingerprint density at radius 2 is 2.00 bits per heavy atom. The van der Waals surface area contributed by atoms with E-state index in [1.165, 1.54) is 0 Å². The SMILES string of the molecule is CCOC(=O)c1cccc(NC(=O)[C@@H]2[C@H]3C(=O)N(c4ccc(OC)cc4)C[C@]34C=C[C@H]2O4)c1. The number of hydrogen-bond donors (Lipinski definition) is 1. The van der Waals surface area contributed by atoms with Gasteiger partial charge in [-0.1, -0.05) is 18.2 Å². The molecule has 0 radical (unpaired) electrons. The highest BCUT2D eigenvalue weighted by atomic mass is 16.5. The summed E-state index contributed by atoms with van der Waals surface area (Å²) in [5, 5.41) is 2.86. The normalized spacial score (nSPS) is 26.9. The lowest BCUT2D eigenvalue weighted by Gasteiger charge is -2.23. The number of methoxy groups -OCH3 is 1. The zero-order valence-electron chi connectivity index (χ0n) is 18.3. The fourth-order valence-corrected chi connectivity index (χ4v) is 4.94. The molecule has 0 saturated carbocycles. The van der Waals surface area contributed by atoms with Crippen molar-refractivity contribution in [2.45, 2.75) is 18.6 Å². The molecule has 5 rings (SSSR count). The summed E-state index contributed by atoms with van der Waals surface area (Å²) in [6, 6.07) is 13.8. The van der Waals surface area contributed by atoms with E-state index in [9.17, 15) is 14.4 Å². The maximum absolute atomic E-state index is 13.4. The number of benzene rings is 2. The molecule has 1 spiro atoms. The summed E-state index contributed by atoms with van der Waals surface area (Å²) in [5.74, 6) is -1.52. The molecular weight excluding hydrogens is 424 g/mol. The first-order chi connectivity index (χ1) is 16.0. The zero-order valence-corrected chi connectivity index (χ0v) is 18.3. The van der Waals surface area contributed by atoms with E-state index in [4.69, 9.17) is 14.2 Å². The molecule has 0 aromatic heterocycles. The van der Waals surface area contributed by atoms with E-state index in [0.717, 1.165) is 5.69 Å². The Bertz CT molecular complexity index is 1140. The molecule has 8 nitrogen and oxygen atoms in total. The van der Waals surface area contributed by atoms with Crippen LogP contribution in [0.15, 0.2) is 60.7 Å². The standard InChI is InChI=1S/C25H24N2O6/c1-3-32-24(30)15-5-4-6-16(13-15)26-22(28)20-19-11-12-25(33-19)14-27(23(29)21(20)25)17-7-9-18(31-2)10-8-17/h4-13,19-21H,3,14H2,1-2H3,(H,26,28)/t19-,20+,21+,25-/m1/s1. The largest absolute Gasteiger partial charge is 0.497 e. The van der Waals surface area contributed by atoms with Crippen LogP contribution in [-0.2, 0) is 19.1 Å². The van der Waals surface area contributed by atoms with Gasteiger partial charge in [-0.25, -0.2) is 4.79 Å². The minimum Gasteiger partial charge on any atom is -0.497 e. The Morgan fingerprint density at radius 3 is 2.73 bits per heavy atom. The average Bonchev–Trinajstić information content (AvgIpc) is 3.47. The van der Waals surface area contributed by atoms with Crippen LogP contribution in [0.5, 0.6) is 5.75 Å². The first kappa shape index (κ1) is 21.2. The molecule has 4 atom stereocenters. The number of nitrogens with one attached hydrogen (secondary N) is 1. The van der Waals surface area contributed by atoms with Crippen LogP contribution in [-0.4, -0.2) is 49.8 Å². The Balaban J connectivity index is 1.37. The Morgan fingerprint density at radius 1 is 1.21 bits per heavy atom. The molecule has 2 bridgehead atoms. The number of carbonyl (C=O) groups is 3. The molecule has 8 heteroatoms. The van der Waals surface area contributed by atoms with Crippen LogP contribution in [0.3, 0.4) is 0 Å². The second-order valence-corrected chi connectivity index (χ2v) is 8.31. The molecule has 33 heavy (non-hydrogen) atoms. The fourth-order valence-electron chi connectivity index (χ4n) is 4.94. The maximum atomic E-state index is 13.4. The van der Waals surface area contributed by atoms with Gasteiger partial charge in [-0.3, -0.25) is 9.59 Å². The van der Waals surface area contributed by atoms with Crippen molar-refractivity contribution in [3.8, 4) is 5.75 Å². The summed E-state index contributed by atoms with van der Waals surface area (Å²) in [7, 11) is 1.59. The van der Waals surface area contributed by atoms with Crippen molar-refractivity contribution < 1.29 is 28.6 Å². The predicted octanol–water partition coefficient (Wildman–Crippen LogP) is 2.80. The summed E-state index contributed by atoms with van der Waals surface area (Å²) >= 11 is 0. The van der Waals surface area contributed by atoms with Gasteiger partial charge in [0.2, 0.25) is 11.8 Å². The second-order valence-electron chi connectivity index (χ2n) is 8.31. The van der Waals surface area contributed by atoms with E-state index in [-0.39, 0.29) is 18.4 Å². The molecule has 3 aliphatic rings. The van der Waals surface area contributed by atoms with Crippen molar-refractivity contribution in [3.63, 3.8) is 0 Å². The monoisotopic (exact) mass is 448 g/mol. The van der Waals surface area contributed by atoms with Crippen molar-refractivity contribution >= 4 is 29.2 Å². The van der Waals surface area contributed by atoms with Crippen LogP contribution >= 0.6 is 0 Å². The number of fused-ring (bicyclic) bond motifs is 1. The van der Waals surface area contributed by atoms with Gasteiger partial charge in [0.25, 0.3) is 0 Å². The van der Waals surface area contributed by atoms with Crippen molar-refractivity contribution in [1.82, 2.24) is 0 Å². The number of carbonyl (C=O) groups excluding carboxylic acids is 3. The number of esters is 1. The molecule has 0 unspecified atom stereocenters. The molecule has 2 aromatic rings. The van der Waals surface area contributed by atoms with Gasteiger partial charge < -0.3 is 24.4 Å². The third-order valence-electron chi connectivity index (χ3n) is 6.43. The molecule has 0 aliphatic carbocycles. The Hall–Kier alpha value is -3.65. The van der Waals surface area contributed by atoms with Gasteiger partial charge in [0.05, 0.1) is 43.8 Å². The van der Waals surface area contributed by atoms with Gasteiger partial charge in [0.1, 0.15) is 11.4 Å². The number of ether oxygens (including phenoxy) is 3. The Labute approximate surface area is 191 Å². The first-order valence-corrected chi connectivity index (χ1v) is 10.9. The van der Waals surface area contributed by atoms with Gasteiger partial charge in [-0.2, -0.15) is 0 Å². The summed E-state index contributed by atoms with van der Waals surface area (Å²) in [4.78, 5) is 40.4. The van der Waals surface area contributed by atoms with Crippen LogP contribution in [0.1, 0.15) is 17.3 Å². The minimum atomic E-state index is -0.823. The second kappa shape index (κ2) is 8.04. The number of amides is 2. The van der Waals surface area contributed by atoms with Crippen molar-refractivity contribution in [2.24, 2.45) is 11.8 Å². The van der Waals surface area contributed by atoms with Gasteiger partial charge in [0, 0.05) is 11.4 Å². The van der Waals surface area contributed by atoms with E-state index in [1.807, 2.05) is 24.3 Å². The van der Waals surface area contributed by atoms with Crippen LogP contribution in [0.25, 0.3) is 0 Å². The quantitative estimate of drug-likeness (QED) is 0.540. The van der Waals surface area contributed by atoms with Gasteiger partial charge in [-0.05, 0) is 49.4 Å². The van der Waals surface area contributed by atoms with E-state index in [0.29, 0.717) is 23.5 Å². The molecular formula is C25H24N2O6. The third kappa shape index (κ3) is 3.47. The topological polar surface area (TPSA) is 94.2 Å². The molecule has 3 aliphatic heterocycles. The molecule has 2 amide bonds. The highest BCUT2D eigenvalue weighted by molar-refractivity contribution is 6.05. The molecule has 3 heterocycles. The van der Waals surface area contributed by atoms with Gasteiger partial charge >= 0.3 is 5.97 Å². The number of nitrogens with zero attached hydrogens (tertiary/aromatic N) is 1. The minimum absolute atomic E-state index is 0.146. The lowest BCUT2D eigenvalue weighted by molar-refractivity contribution is -0.128. The summed E-state index contributed by atoms with van der Waals surface area (Å²) in [6.07, 6.45) is 3.31. The highest BCUT2D eigenvalue weighted by Gasteiger charge is 2.67. The summed E-state index contributed by atoms with van der Waals surface area (Å²) in [6.45, 7) is 2.34. The van der Waals surface area contributed by atoms with Gasteiger partial charge in [0.15, 0.2) is 0 Å². The van der Waals surface area contributed by atoms with Crippen molar-refractivity contribution in [1.29, 1.82) is 0 Å². The van der Waals surface area contributed by atoms with Gasteiger partial charge in [-0.15, -0.1) is 0 Å². The highest BCUT2D eigenvalue weighted by Crippen LogP contribution is 2.52.